The molecular weight excluding hydrogens is 568 g/mol. The molecule has 12 N–H and O–H groups in total. The van der Waals surface area contributed by atoms with Crippen molar-refractivity contribution in [2.75, 3.05) is 26.4 Å². The normalized spacial score (nSPS) is 53.3. The summed E-state index contributed by atoms with van der Waals surface area (Å²) in [6, 6.07) is 0. The fourth-order valence-corrected chi connectivity index (χ4v) is 4.93. The number of rotatable bonds is 8. The van der Waals surface area contributed by atoms with Gasteiger partial charge in [-0.2, -0.15) is 0 Å². The van der Waals surface area contributed by atoms with Crippen molar-refractivity contribution in [2.45, 2.75) is 111 Å². The molecule has 18 atom stereocenters. The zero-order valence-corrected chi connectivity index (χ0v) is 21.4. The molecule has 4 heterocycles. The van der Waals surface area contributed by atoms with E-state index in [0.717, 1.165) is 0 Å². The second kappa shape index (κ2) is 13.9. The Balaban J connectivity index is 1.31. The summed E-state index contributed by atoms with van der Waals surface area (Å²) in [6.45, 7) is -2.36. The van der Waals surface area contributed by atoms with E-state index in [-0.39, 0.29) is 0 Å². The maximum Gasteiger partial charge on any atom is 0.187 e. The minimum absolute atomic E-state index is 0.452. The fourth-order valence-electron chi connectivity index (χ4n) is 4.93. The van der Waals surface area contributed by atoms with Gasteiger partial charge in [0.1, 0.15) is 85.5 Å². The van der Waals surface area contributed by atoms with Crippen LogP contribution in [-0.2, 0) is 33.2 Å². The molecule has 0 aliphatic carbocycles. The van der Waals surface area contributed by atoms with Gasteiger partial charge in [0.25, 0.3) is 0 Å². The van der Waals surface area contributed by atoms with E-state index in [4.69, 9.17) is 33.2 Å². The minimum atomic E-state index is -1.82. The molecule has 19 nitrogen and oxygen atoms in total. The average Bonchev–Trinajstić information content (AvgIpc) is 2.96. The molecule has 240 valence electrons. The average molecular weight is 607 g/mol. The van der Waals surface area contributed by atoms with Gasteiger partial charge < -0.3 is 94.4 Å². The van der Waals surface area contributed by atoms with Crippen LogP contribution in [-0.4, -0.2) is 198 Å². The molecular formula is C22H38O19. The molecule has 4 aliphatic heterocycles. The summed E-state index contributed by atoms with van der Waals surface area (Å²) in [7, 11) is 0. The van der Waals surface area contributed by atoms with Crippen LogP contribution < -0.4 is 0 Å². The molecule has 0 bridgehead atoms. The lowest BCUT2D eigenvalue weighted by Gasteiger charge is -2.45. The van der Waals surface area contributed by atoms with Crippen LogP contribution >= 0.6 is 0 Å². The highest BCUT2D eigenvalue weighted by atomic mass is 16.8. The molecule has 4 rings (SSSR count). The van der Waals surface area contributed by atoms with E-state index in [1.807, 2.05) is 0 Å². The number of hydrogen-bond acceptors (Lipinski definition) is 19. The first-order chi connectivity index (χ1) is 19.4. The Morgan fingerprint density at radius 3 is 1.49 bits per heavy atom. The molecule has 4 aliphatic rings. The van der Waals surface area contributed by atoms with Crippen LogP contribution in [0.3, 0.4) is 0 Å². The fraction of sp³-hybridized carbons (Fsp3) is 1.00. The first kappa shape index (κ1) is 33.1. The zero-order valence-electron chi connectivity index (χ0n) is 21.4. The Hall–Kier alpha value is -0.760. The monoisotopic (exact) mass is 606 g/mol. The molecule has 0 aromatic heterocycles. The number of aliphatic hydroxyl groups excluding tert-OH is 12. The number of hydrogen-bond donors (Lipinski definition) is 12. The molecule has 0 amide bonds. The molecule has 19 heteroatoms. The zero-order chi connectivity index (χ0) is 30.2. The molecule has 0 spiro atoms. The van der Waals surface area contributed by atoms with Crippen molar-refractivity contribution >= 4 is 0 Å². The van der Waals surface area contributed by atoms with E-state index in [0.29, 0.717) is 0 Å². The number of aliphatic hydroxyl groups is 12. The lowest BCUT2D eigenvalue weighted by atomic mass is 9.98. The second-order valence-electron chi connectivity index (χ2n) is 10.2. The molecule has 4 saturated heterocycles. The minimum Gasteiger partial charge on any atom is -0.394 e. The first-order valence-electron chi connectivity index (χ1n) is 12.9. The summed E-state index contributed by atoms with van der Waals surface area (Å²) in [6.07, 6.45) is -29.1. The maximum atomic E-state index is 10.6. The van der Waals surface area contributed by atoms with Crippen molar-refractivity contribution < 1.29 is 94.4 Å². The molecule has 1 unspecified atom stereocenters. The molecule has 41 heavy (non-hydrogen) atoms. The maximum absolute atomic E-state index is 10.6. The summed E-state index contributed by atoms with van der Waals surface area (Å²) in [4.78, 5) is 0. The van der Waals surface area contributed by atoms with Crippen LogP contribution in [0.25, 0.3) is 0 Å². The van der Waals surface area contributed by atoms with Crippen molar-refractivity contribution in [1.82, 2.24) is 0 Å². The summed E-state index contributed by atoms with van der Waals surface area (Å²) < 4.78 is 37.3. The summed E-state index contributed by atoms with van der Waals surface area (Å²) in [5, 5.41) is 121. The van der Waals surface area contributed by atoms with Gasteiger partial charge in [-0.3, -0.25) is 0 Å². The third-order valence-electron chi connectivity index (χ3n) is 7.47. The largest absolute Gasteiger partial charge is 0.394 e. The Kier molecular flexibility index (Phi) is 11.2. The molecule has 0 saturated carbocycles. The number of ether oxygens (including phenoxy) is 7. The van der Waals surface area contributed by atoms with Crippen LogP contribution in [0.4, 0.5) is 0 Å². The molecule has 0 aromatic carbocycles. The SMILES string of the molecule is OC[C@H]1O[C@H](O[C@@H]2CO[C@H](O[C@@H]3CO[C@H](O[C@H]4[C@H](O)[C@@H](O)C(O)O[C@@H]4CO)[C@H](O)[C@H]3O)[C@H](O)[C@H]2O)[C@H](O)[C@@H](O)[C@@H]1O. The third-order valence-corrected chi connectivity index (χ3v) is 7.47. The van der Waals surface area contributed by atoms with Gasteiger partial charge in [-0.25, -0.2) is 0 Å². The summed E-state index contributed by atoms with van der Waals surface area (Å²) in [5.74, 6) is 0. The highest BCUT2D eigenvalue weighted by molar-refractivity contribution is 4.94. The predicted molar refractivity (Wildman–Crippen MR) is 122 cm³/mol. The lowest BCUT2D eigenvalue weighted by Crippen LogP contribution is -2.64. The van der Waals surface area contributed by atoms with Crippen molar-refractivity contribution in [1.29, 1.82) is 0 Å². The lowest BCUT2D eigenvalue weighted by molar-refractivity contribution is -0.366. The van der Waals surface area contributed by atoms with Gasteiger partial charge in [-0.15, -0.1) is 0 Å². The van der Waals surface area contributed by atoms with E-state index >= 15 is 0 Å². The van der Waals surface area contributed by atoms with Crippen LogP contribution in [0.1, 0.15) is 0 Å². The van der Waals surface area contributed by atoms with Gasteiger partial charge in [0, 0.05) is 0 Å². The van der Waals surface area contributed by atoms with Crippen LogP contribution in [0.2, 0.25) is 0 Å². The Morgan fingerprint density at radius 2 is 0.951 bits per heavy atom. The topological polar surface area (TPSA) is 307 Å². The predicted octanol–water partition coefficient (Wildman–Crippen LogP) is -8.47. The van der Waals surface area contributed by atoms with E-state index in [2.05, 4.69) is 0 Å². The van der Waals surface area contributed by atoms with Crippen LogP contribution in [0.5, 0.6) is 0 Å². The van der Waals surface area contributed by atoms with E-state index in [1.165, 1.54) is 0 Å². The van der Waals surface area contributed by atoms with Gasteiger partial charge in [-0.05, 0) is 0 Å². The van der Waals surface area contributed by atoms with Gasteiger partial charge in [0.2, 0.25) is 0 Å². The van der Waals surface area contributed by atoms with Crippen molar-refractivity contribution in [3.63, 3.8) is 0 Å². The van der Waals surface area contributed by atoms with Gasteiger partial charge >= 0.3 is 0 Å². The van der Waals surface area contributed by atoms with Crippen LogP contribution in [0, 0.1) is 0 Å². The Morgan fingerprint density at radius 1 is 0.463 bits per heavy atom. The van der Waals surface area contributed by atoms with Crippen LogP contribution in [0.15, 0.2) is 0 Å². The smallest absolute Gasteiger partial charge is 0.187 e. The molecule has 0 radical (unpaired) electrons. The Labute approximate surface area is 232 Å². The van der Waals surface area contributed by atoms with E-state index in [9.17, 15) is 61.3 Å². The summed E-state index contributed by atoms with van der Waals surface area (Å²) >= 11 is 0. The van der Waals surface area contributed by atoms with E-state index in [1.54, 1.807) is 0 Å². The third kappa shape index (κ3) is 6.83. The van der Waals surface area contributed by atoms with Gasteiger partial charge in [0.05, 0.1) is 26.4 Å². The quantitative estimate of drug-likeness (QED) is 0.122. The van der Waals surface area contributed by atoms with Gasteiger partial charge in [-0.1, -0.05) is 0 Å². The van der Waals surface area contributed by atoms with Crippen molar-refractivity contribution in [3.05, 3.63) is 0 Å². The molecule has 0 aromatic rings. The Bertz CT molecular complexity index is 820. The van der Waals surface area contributed by atoms with E-state index < -0.39 is 137 Å². The summed E-state index contributed by atoms with van der Waals surface area (Å²) in [5.41, 5.74) is 0. The van der Waals surface area contributed by atoms with Crippen molar-refractivity contribution in [3.8, 4) is 0 Å². The highest BCUT2D eigenvalue weighted by Gasteiger charge is 2.51. The van der Waals surface area contributed by atoms with Crippen molar-refractivity contribution in [2.24, 2.45) is 0 Å². The molecule has 4 fully saturated rings. The first-order valence-corrected chi connectivity index (χ1v) is 12.9. The second-order valence-corrected chi connectivity index (χ2v) is 10.2. The highest BCUT2D eigenvalue weighted by Crippen LogP contribution is 2.30. The van der Waals surface area contributed by atoms with Gasteiger partial charge in [0.15, 0.2) is 25.2 Å². The standard InChI is InChI=1S/C22H38O19/c23-1-5-9(25)12(28)17(33)22(38-5)40-8-4-35-20(15(31)11(8)27)39-7-3-36-21(16(32)10(7)26)41-18-6(2-24)37-19(34)14(30)13(18)29/h5-34H,1-4H2/t5-,6-,7-,8-,9-,10+,11+,12+,13-,14-,15-,16-,17-,18-,19?,20-,21-,22-/m1/s1.